The van der Waals surface area contributed by atoms with E-state index in [0.29, 0.717) is 18.5 Å². The Bertz CT molecular complexity index is 943. The Morgan fingerprint density at radius 1 is 1.37 bits per heavy atom. The topological polar surface area (TPSA) is 108 Å². The third kappa shape index (κ3) is 4.60. The lowest BCUT2D eigenvalue weighted by Crippen LogP contribution is -2.38. The lowest BCUT2D eigenvalue weighted by Gasteiger charge is -2.11. The van der Waals surface area contributed by atoms with Crippen LogP contribution in [0.5, 0.6) is 0 Å². The van der Waals surface area contributed by atoms with Crippen molar-refractivity contribution in [1.82, 2.24) is 9.88 Å². The molecule has 8 nitrogen and oxygen atoms in total. The highest BCUT2D eigenvalue weighted by Crippen LogP contribution is 2.18. The minimum atomic E-state index is -3.08. The number of esters is 1. The van der Waals surface area contributed by atoms with Crippen molar-refractivity contribution in [2.24, 2.45) is 0 Å². The molecule has 0 radical (unpaired) electrons. The van der Waals surface area contributed by atoms with Crippen LogP contribution < -0.4 is 5.32 Å². The Hall–Kier alpha value is -2.55. The number of aromatic nitrogens is 1. The summed E-state index contributed by atoms with van der Waals surface area (Å²) < 4.78 is 35.2. The molecule has 3 rings (SSSR count). The van der Waals surface area contributed by atoms with Gasteiger partial charge in [0.2, 0.25) is 0 Å². The van der Waals surface area contributed by atoms with Gasteiger partial charge in [-0.15, -0.1) is 0 Å². The fourth-order valence-electron chi connectivity index (χ4n) is 3.20. The van der Waals surface area contributed by atoms with Crippen molar-refractivity contribution in [2.75, 3.05) is 18.1 Å². The predicted octanol–water partition coefficient (Wildman–Crippen LogP) is 1.21. The van der Waals surface area contributed by atoms with Crippen LogP contribution >= 0.6 is 0 Å². The SMILES string of the molecule is Cc1cc(C(=O)OCC(=O)N[C@H]2CCS(=O)(=O)C2)c(C)n1Cc1ccco1. The van der Waals surface area contributed by atoms with E-state index in [9.17, 15) is 18.0 Å². The molecule has 1 saturated heterocycles. The Balaban J connectivity index is 1.57. The van der Waals surface area contributed by atoms with Crippen molar-refractivity contribution >= 4 is 21.7 Å². The second-order valence-electron chi connectivity index (χ2n) is 6.69. The van der Waals surface area contributed by atoms with E-state index >= 15 is 0 Å². The van der Waals surface area contributed by atoms with Gasteiger partial charge in [0.15, 0.2) is 16.4 Å². The summed E-state index contributed by atoms with van der Waals surface area (Å²) in [5.74, 6) is -0.333. The highest BCUT2D eigenvalue weighted by Gasteiger charge is 2.29. The predicted molar refractivity (Wildman–Crippen MR) is 97.2 cm³/mol. The van der Waals surface area contributed by atoms with Crippen LogP contribution in [0.1, 0.15) is 33.9 Å². The van der Waals surface area contributed by atoms with Crippen LogP contribution in [-0.4, -0.2) is 49.0 Å². The van der Waals surface area contributed by atoms with Gasteiger partial charge >= 0.3 is 5.97 Å². The fourth-order valence-corrected chi connectivity index (χ4v) is 4.87. The maximum atomic E-state index is 12.3. The Labute approximate surface area is 157 Å². The molecule has 0 aliphatic carbocycles. The van der Waals surface area contributed by atoms with Gasteiger partial charge in [0.1, 0.15) is 5.76 Å². The third-order valence-corrected chi connectivity index (χ3v) is 6.39. The number of nitrogens with zero attached hydrogens (tertiary/aromatic N) is 1. The molecule has 1 amide bonds. The number of amides is 1. The Morgan fingerprint density at radius 2 is 2.15 bits per heavy atom. The number of ether oxygens (including phenoxy) is 1. The van der Waals surface area contributed by atoms with Crippen LogP contribution in [0.3, 0.4) is 0 Å². The normalized spacial score (nSPS) is 18.4. The van der Waals surface area contributed by atoms with Crippen LogP contribution in [0.2, 0.25) is 0 Å². The van der Waals surface area contributed by atoms with Crippen LogP contribution in [0, 0.1) is 13.8 Å². The number of carbonyl (C=O) groups excluding carboxylic acids is 2. The summed E-state index contributed by atoms with van der Waals surface area (Å²) >= 11 is 0. The first-order valence-corrected chi connectivity index (χ1v) is 10.4. The van der Waals surface area contributed by atoms with Crippen LogP contribution in [0.15, 0.2) is 28.9 Å². The van der Waals surface area contributed by atoms with Gasteiger partial charge in [-0.2, -0.15) is 0 Å². The summed E-state index contributed by atoms with van der Waals surface area (Å²) in [6.45, 7) is 3.72. The summed E-state index contributed by atoms with van der Waals surface area (Å²) in [5.41, 5.74) is 1.97. The highest BCUT2D eigenvalue weighted by molar-refractivity contribution is 7.91. The third-order valence-electron chi connectivity index (χ3n) is 4.62. The summed E-state index contributed by atoms with van der Waals surface area (Å²) in [6.07, 6.45) is 1.98. The van der Waals surface area contributed by atoms with Gasteiger partial charge in [0.05, 0.1) is 29.9 Å². The summed E-state index contributed by atoms with van der Waals surface area (Å²) in [5, 5.41) is 2.59. The van der Waals surface area contributed by atoms with Gasteiger partial charge in [0.25, 0.3) is 5.91 Å². The number of hydrogen-bond donors (Lipinski definition) is 1. The van der Waals surface area contributed by atoms with Crippen molar-refractivity contribution in [3.8, 4) is 0 Å². The largest absolute Gasteiger partial charge is 0.467 e. The molecule has 0 spiro atoms. The zero-order chi connectivity index (χ0) is 19.6. The molecular formula is C18H22N2O6S. The van der Waals surface area contributed by atoms with E-state index in [4.69, 9.17) is 9.15 Å². The van der Waals surface area contributed by atoms with Gasteiger partial charge in [0, 0.05) is 17.4 Å². The Morgan fingerprint density at radius 3 is 2.78 bits per heavy atom. The zero-order valence-corrected chi connectivity index (χ0v) is 16.0. The second-order valence-corrected chi connectivity index (χ2v) is 8.92. The van der Waals surface area contributed by atoms with Crippen molar-refractivity contribution in [3.63, 3.8) is 0 Å². The molecule has 146 valence electrons. The molecule has 0 unspecified atom stereocenters. The van der Waals surface area contributed by atoms with E-state index < -0.39 is 34.4 Å². The van der Waals surface area contributed by atoms with Gasteiger partial charge < -0.3 is 19.0 Å². The molecule has 2 aromatic rings. The number of rotatable bonds is 6. The first kappa shape index (κ1) is 19.2. The highest BCUT2D eigenvalue weighted by atomic mass is 32.2. The molecule has 1 N–H and O–H groups in total. The van der Waals surface area contributed by atoms with Gasteiger partial charge in [-0.3, -0.25) is 4.79 Å². The number of sulfone groups is 1. The van der Waals surface area contributed by atoms with Crippen molar-refractivity contribution in [3.05, 3.63) is 47.2 Å². The lowest BCUT2D eigenvalue weighted by atomic mass is 10.2. The van der Waals surface area contributed by atoms with Crippen molar-refractivity contribution < 1.29 is 27.2 Å². The van der Waals surface area contributed by atoms with Crippen LogP contribution in [0.4, 0.5) is 0 Å². The van der Waals surface area contributed by atoms with E-state index in [-0.39, 0.29) is 11.5 Å². The first-order valence-electron chi connectivity index (χ1n) is 8.61. The van der Waals surface area contributed by atoms with Gasteiger partial charge in [-0.05, 0) is 38.5 Å². The van der Waals surface area contributed by atoms with Gasteiger partial charge in [-0.1, -0.05) is 0 Å². The standard InChI is InChI=1S/C18H22N2O6S/c1-12-8-16(13(2)20(12)9-15-4-3-6-25-15)18(22)26-10-17(21)19-14-5-7-27(23,24)11-14/h3-4,6,8,14H,5,7,9-11H2,1-2H3,(H,19,21)/t14-/m0/s1. The molecule has 27 heavy (non-hydrogen) atoms. The van der Waals surface area contributed by atoms with Crippen LogP contribution in [0.25, 0.3) is 0 Å². The Kier molecular flexibility index (Phi) is 5.41. The van der Waals surface area contributed by atoms with E-state index in [2.05, 4.69) is 5.32 Å². The molecule has 9 heteroatoms. The molecule has 0 aromatic carbocycles. The minimum Gasteiger partial charge on any atom is -0.467 e. The monoisotopic (exact) mass is 394 g/mol. The zero-order valence-electron chi connectivity index (χ0n) is 15.2. The van der Waals surface area contributed by atoms with Gasteiger partial charge in [-0.25, -0.2) is 13.2 Å². The smallest absolute Gasteiger partial charge is 0.340 e. The van der Waals surface area contributed by atoms with E-state index in [1.54, 1.807) is 25.3 Å². The van der Waals surface area contributed by atoms with E-state index in [1.165, 1.54) is 0 Å². The molecule has 1 aliphatic rings. The maximum absolute atomic E-state index is 12.3. The molecule has 0 bridgehead atoms. The molecule has 1 aliphatic heterocycles. The minimum absolute atomic E-state index is 0.0688. The van der Waals surface area contributed by atoms with Crippen molar-refractivity contribution in [2.45, 2.75) is 32.9 Å². The number of aryl methyl sites for hydroxylation is 1. The van der Waals surface area contributed by atoms with E-state index in [0.717, 1.165) is 17.1 Å². The lowest BCUT2D eigenvalue weighted by molar-refractivity contribution is -0.124. The number of carbonyl (C=O) groups is 2. The molecule has 3 heterocycles. The number of hydrogen-bond acceptors (Lipinski definition) is 6. The summed E-state index contributed by atoms with van der Waals surface area (Å²) in [4.78, 5) is 24.3. The summed E-state index contributed by atoms with van der Waals surface area (Å²) in [6, 6.07) is 4.94. The van der Waals surface area contributed by atoms with Crippen LogP contribution in [-0.2, 0) is 25.9 Å². The second kappa shape index (κ2) is 7.59. The molecule has 0 saturated carbocycles. The fraction of sp³-hybridized carbons (Fsp3) is 0.444. The first-order chi connectivity index (χ1) is 12.7. The average molecular weight is 394 g/mol. The molecular weight excluding hydrogens is 372 g/mol. The molecule has 1 atom stereocenters. The average Bonchev–Trinajstić information content (AvgIpc) is 3.29. The quantitative estimate of drug-likeness (QED) is 0.738. The maximum Gasteiger partial charge on any atom is 0.340 e. The molecule has 2 aromatic heterocycles. The molecule has 1 fully saturated rings. The summed E-state index contributed by atoms with van der Waals surface area (Å²) in [7, 11) is -3.08. The number of nitrogens with one attached hydrogen (secondary N) is 1. The number of furan rings is 1. The van der Waals surface area contributed by atoms with Crippen molar-refractivity contribution in [1.29, 1.82) is 0 Å². The van der Waals surface area contributed by atoms with E-state index in [1.807, 2.05) is 17.6 Å².